The van der Waals surface area contributed by atoms with Crippen molar-refractivity contribution in [2.45, 2.75) is 19.9 Å². The molecule has 0 aliphatic rings. The zero-order valence-corrected chi connectivity index (χ0v) is 5.95. The quantitative estimate of drug-likeness (QED) is 0.574. The molecule has 0 aromatic carbocycles. The molecule has 0 spiro atoms. The number of carbonyl (C=O) groups excluding carboxylic acids is 1. The number of hydrogen-bond donors (Lipinski definition) is 0. The van der Waals surface area contributed by atoms with Gasteiger partial charge in [-0.15, -0.1) is 0 Å². The Morgan fingerprint density at radius 3 is 3.10 bits per heavy atom. The van der Waals surface area contributed by atoms with Crippen LogP contribution in [0.25, 0.3) is 0 Å². The van der Waals surface area contributed by atoms with Crippen LogP contribution >= 0.6 is 0 Å². The maximum absolute atomic E-state index is 10.0. The summed E-state index contributed by atoms with van der Waals surface area (Å²) in [7, 11) is 0. The lowest BCUT2D eigenvalue weighted by Gasteiger charge is -1.88. The third-order valence-electron chi connectivity index (χ3n) is 1.36. The topological polar surface area (TPSA) is 34.9 Å². The maximum Gasteiger partial charge on any atom is 0.141 e. The fourth-order valence-electron chi connectivity index (χ4n) is 0.765. The van der Waals surface area contributed by atoms with Crippen molar-refractivity contribution in [3.8, 4) is 0 Å². The van der Waals surface area contributed by atoms with E-state index in [-0.39, 0.29) is 0 Å². The van der Waals surface area contributed by atoms with Gasteiger partial charge in [0.2, 0.25) is 0 Å². The van der Waals surface area contributed by atoms with Gasteiger partial charge in [-0.25, -0.2) is 0 Å². The van der Waals surface area contributed by atoms with Gasteiger partial charge in [-0.2, -0.15) is 5.10 Å². The van der Waals surface area contributed by atoms with E-state index in [9.17, 15) is 4.79 Å². The first-order chi connectivity index (χ1) is 4.86. The lowest BCUT2D eigenvalue weighted by molar-refractivity contribution is -0.108. The van der Waals surface area contributed by atoms with Crippen LogP contribution in [0.15, 0.2) is 12.4 Å². The van der Waals surface area contributed by atoms with Gasteiger partial charge in [-0.05, 0) is 12.0 Å². The molecule has 0 atom stereocenters. The van der Waals surface area contributed by atoms with Crippen LogP contribution in [0, 0.1) is 0 Å². The van der Waals surface area contributed by atoms with Crippen LogP contribution in [-0.2, 0) is 17.8 Å². The number of rotatable bonds is 3. The molecule has 54 valence electrons. The van der Waals surface area contributed by atoms with Gasteiger partial charge in [-0.1, -0.05) is 6.92 Å². The molecule has 0 fully saturated rings. The number of hydrogen-bond acceptors (Lipinski definition) is 2. The minimum Gasteiger partial charge on any atom is -0.301 e. The van der Waals surface area contributed by atoms with E-state index in [1.807, 2.05) is 6.20 Å². The Morgan fingerprint density at radius 2 is 2.60 bits per heavy atom. The molecule has 0 unspecified atom stereocenters. The molecule has 0 amide bonds. The summed E-state index contributed by atoms with van der Waals surface area (Å²) in [5.74, 6) is 0. The molecule has 10 heavy (non-hydrogen) atoms. The lowest BCUT2D eigenvalue weighted by Crippen LogP contribution is -1.97. The predicted octanol–water partition coefficient (Wildman–Crippen LogP) is 0.644. The first kappa shape index (κ1) is 6.99. The maximum atomic E-state index is 10.0. The summed E-state index contributed by atoms with van der Waals surface area (Å²) in [5.41, 5.74) is 1.17. The molecular weight excluding hydrogens is 128 g/mol. The number of carbonyl (C=O) groups is 1. The Labute approximate surface area is 59.7 Å². The molecule has 0 aliphatic heterocycles. The van der Waals surface area contributed by atoms with Crippen molar-refractivity contribution < 1.29 is 4.79 Å². The second kappa shape index (κ2) is 3.15. The standard InChI is InChI=1S/C7H10N2O/c1-2-7-5-8-9(6-7)3-4-10/h4-6H,2-3H2,1H3. The van der Waals surface area contributed by atoms with Gasteiger partial charge in [0.25, 0.3) is 0 Å². The van der Waals surface area contributed by atoms with Crippen LogP contribution in [0.3, 0.4) is 0 Å². The molecule has 0 aliphatic carbocycles. The van der Waals surface area contributed by atoms with Crippen LogP contribution in [-0.4, -0.2) is 16.1 Å². The van der Waals surface area contributed by atoms with Crippen LogP contribution in [0.2, 0.25) is 0 Å². The van der Waals surface area contributed by atoms with E-state index in [1.54, 1.807) is 10.9 Å². The average molecular weight is 138 g/mol. The van der Waals surface area contributed by atoms with Crippen molar-refractivity contribution >= 4 is 6.29 Å². The van der Waals surface area contributed by atoms with Gasteiger partial charge in [0, 0.05) is 6.20 Å². The number of aldehydes is 1. The van der Waals surface area contributed by atoms with E-state index in [0.29, 0.717) is 6.54 Å². The molecule has 1 heterocycles. The van der Waals surface area contributed by atoms with E-state index in [2.05, 4.69) is 12.0 Å². The molecule has 1 aromatic rings. The molecule has 0 radical (unpaired) electrons. The van der Waals surface area contributed by atoms with Crippen LogP contribution in [0.1, 0.15) is 12.5 Å². The fourth-order valence-corrected chi connectivity index (χ4v) is 0.765. The van der Waals surface area contributed by atoms with Crippen molar-refractivity contribution in [2.75, 3.05) is 0 Å². The molecule has 3 nitrogen and oxygen atoms in total. The second-order valence-electron chi connectivity index (χ2n) is 2.09. The zero-order chi connectivity index (χ0) is 7.40. The van der Waals surface area contributed by atoms with Gasteiger partial charge >= 0.3 is 0 Å². The first-order valence-electron chi connectivity index (χ1n) is 3.31. The molecule has 0 saturated carbocycles. The minimum absolute atomic E-state index is 0.361. The lowest BCUT2D eigenvalue weighted by atomic mass is 10.3. The second-order valence-corrected chi connectivity index (χ2v) is 2.09. The Balaban J connectivity index is 2.67. The summed E-state index contributed by atoms with van der Waals surface area (Å²) < 4.78 is 1.63. The molecule has 3 heteroatoms. The van der Waals surface area contributed by atoms with E-state index in [1.165, 1.54) is 5.56 Å². The monoisotopic (exact) mass is 138 g/mol. The third kappa shape index (κ3) is 1.43. The highest BCUT2D eigenvalue weighted by molar-refractivity contribution is 5.48. The Hall–Kier alpha value is -1.12. The van der Waals surface area contributed by atoms with Crippen molar-refractivity contribution in [1.29, 1.82) is 0 Å². The SMILES string of the molecule is CCc1cnn(CC=O)c1. The largest absolute Gasteiger partial charge is 0.301 e. The smallest absolute Gasteiger partial charge is 0.141 e. The summed E-state index contributed by atoms with van der Waals surface area (Å²) >= 11 is 0. The van der Waals surface area contributed by atoms with Crippen LogP contribution in [0.4, 0.5) is 0 Å². The van der Waals surface area contributed by atoms with Gasteiger partial charge in [0.1, 0.15) is 6.29 Å². The fraction of sp³-hybridized carbons (Fsp3) is 0.429. The van der Waals surface area contributed by atoms with Crippen LogP contribution in [0.5, 0.6) is 0 Å². The van der Waals surface area contributed by atoms with Gasteiger partial charge in [-0.3, -0.25) is 4.68 Å². The molecule has 1 rings (SSSR count). The Morgan fingerprint density at radius 1 is 1.80 bits per heavy atom. The normalized spacial score (nSPS) is 9.70. The highest BCUT2D eigenvalue weighted by Crippen LogP contribution is 1.96. The van der Waals surface area contributed by atoms with Crippen molar-refractivity contribution in [3.63, 3.8) is 0 Å². The number of aromatic nitrogens is 2. The summed E-state index contributed by atoms with van der Waals surface area (Å²) in [6.45, 7) is 2.42. The van der Waals surface area contributed by atoms with E-state index < -0.39 is 0 Å². The highest BCUT2D eigenvalue weighted by atomic mass is 16.1. The van der Waals surface area contributed by atoms with E-state index in [4.69, 9.17) is 0 Å². The molecule has 0 saturated heterocycles. The Kier molecular flexibility index (Phi) is 2.20. The highest BCUT2D eigenvalue weighted by Gasteiger charge is 1.92. The average Bonchev–Trinajstić information content (AvgIpc) is 2.37. The number of nitrogens with zero attached hydrogens (tertiary/aromatic N) is 2. The first-order valence-corrected chi connectivity index (χ1v) is 3.31. The van der Waals surface area contributed by atoms with Crippen molar-refractivity contribution in [3.05, 3.63) is 18.0 Å². The molecular formula is C7H10N2O. The van der Waals surface area contributed by atoms with Gasteiger partial charge in [0.15, 0.2) is 0 Å². The summed E-state index contributed by atoms with van der Waals surface area (Å²) in [5, 5.41) is 3.96. The van der Waals surface area contributed by atoms with Crippen molar-refractivity contribution in [1.82, 2.24) is 9.78 Å². The Bertz CT molecular complexity index is 217. The molecule has 0 bridgehead atoms. The summed E-state index contributed by atoms with van der Waals surface area (Å²) in [6.07, 6.45) is 5.48. The summed E-state index contributed by atoms with van der Waals surface area (Å²) in [4.78, 5) is 10.0. The van der Waals surface area contributed by atoms with Gasteiger partial charge in [0.05, 0.1) is 12.7 Å². The van der Waals surface area contributed by atoms with Crippen LogP contribution < -0.4 is 0 Å². The minimum atomic E-state index is 0.361. The summed E-state index contributed by atoms with van der Waals surface area (Å²) in [6, 6.07) is 0. The molecule has 1 aromatic heterocycles. The number of aryl methyl sites for hydroxylation is 1. The third-order valence-corrected chi connectivity index (χ3v) is 1.36. The van der Waals surface area contributed by atoms with Gasteiger partial charge < -0.3 is 4.79 Å². The van der Waals surface area contributed by atoms with E-state index in [0.717, 1.165) is 12.7 Å². The van der Waals surface area contributed by atoms with E-state index >= 15 is 0 Å². The zero-order valence-electron chi connectivity index (χ0n) is 5.95. The predicted molar refractivity (Wildman–Crippen MR) is 37.7 cm³/mol. The van der Waals surface area contributed by atoms with Crippen molar-refractivity contribution in [2.24, 2.45) is 0 Å². The molecule has 0 N–H and O–H groups in total.